The smallest absolute Gasteiger partial charge is 0.250 e. The van der Waals surface area contributed by atoms with E-state index in [0.717, 1.165) is 46.2 Å². The Hall–Kier alpha value is -2.51. The predicted molar refractivity (Wildman–Crippen MR) is 120 cm³/mol. The van der Waals surface area contributed by atoms with Crippen molar-refractivity contribution >= 4 is 45.0 Å². The van der Waals surface area contributed by atoms with E-state index in [4.69, 9.17) is 0 Å². The summed E-state index contributed by atoms with van der Waals surface area (Å²) in [5, 5.41) is 3.09. The first-order chi connectivity index (χ1) is 14.9. The molecule has 1 spiro atoms. The minimum absolute atomic E-state index is 0.0970. The molecule has 4 atom stereocenters. The molecule has 2 aromatic carbocycles. The lowest BCUT2D eigenvalue weighted by atomic mass is 9.75. The Morgan fingerprint density at radius 1 is 1.03 bits per heavy atom. The van der Waals surface area contributed by atoms with Gasteiger partial charge in [0.1, 0.15) is 5.54 Å². The third-order valence-electron chi connectivity index (χ3n) is 7.78. The normalized spacial score (nSPS) is 31.4. The monoisotopic (exact) mass is 479 g/mol. The Morgan fingerprint density at radius 2 is 1.77 bits per heavy atom. The van der Waals surface area contributed by atoms with Crippen LogP contribution in [-0.4, -0.2) is 35.2 Å². The number of carbonyl (C=O) groups excluding carboxylic acids is 3. The van der Waals surface area contributed by atoms with Crippen LogP contribution in [0.25, 0.3) is 0 Å². The van der Waals surface area contributed by atoms with Crippen molar-refractivity contribution in [2.75, 3.05) is 16.8 Å². The molecule has 0 radical (unpaired) electrons. The van der Waals surface area contributed by atoms with Gasteiger partial charge in [-0.3, -0.25) is 19.3 Å². The van der Waals surface area contributed by atoms with Crippen LogP contribution in [0.3, 0.4) is 0 Å². The number of hydrogen-bond acceptors (Lipinski definition) is 4. The van der Waals surface area contributed by atoms with Crippen molar-refractivity contribution in [3.05, 3.63) is 57.6 Å². The summed E-state index contributed by atoms with van der Waals surface area (Å²) in [7, 11) is 0. The summed E-state index contributed by atoms with van der Waals surface area (Å²) in [6, 6.07) is 11.1. The number of rotatable bonds is 1. The second kappa shape index (κ2) is 6.26. The molecule has 0 unspecified atom stereocenters. The zero-order valence-electron chi connectivity index (χ0n) is 17.3. The maximum Gasteiger partial charge on any atom is 0.250 e. The van der Waals surface area contributed by atoms with Gasteiger partial charge in [0.2, 0.25) is 17.7 Å². The number of amides is 3. The number of aryl methyl sites for hydroxylation is 1. The van der Waals surface area contributed by atoms with E-state index in [1.807, 2.05) is 38.1 Å². The lowest BCUT2D eigenvalue weighted by molar-refractivity contribution is -0.135. The van der Waals surface area contributed by atoms with E-state index < -0.39 is 17.4 Å². The summed E-state index contributed by atoms with van der Waals surface area (Å²) >= 11 is 3.41. The fourth-order valence-corrected chi connectivity index (χ4v) is 6.63. The first-order valence-electron chi connectivity index (χ1n) is 10.7. The van der Waals surface area contributed by atoms with Gasteiger partial charge in [0.15, 0.2) is 0 Å². The average Bonchev–Trinajstić information content (AvgIpc) is 3.45. The summed E-state index contributed by atoms with van der Waals surface area (Å²) in [4.78, 5) is 44.7. The lowest BCUT2D eigenvalue weighted by Gasteiger charge is -2.36. The molecule has 4 heterocycles. The van der Waals surface area contributed by atoms with Crippen molar-refractivity contribution in [3.8, 4) is 0 Å². The second-order valence-electron chi connectivity index (χ2n) is 9.05. The number of nitrogens with one attached hydrogen (secondary N) is 1. The third-order valence-corrected chi connectivity index (χ3v) is 8.31. The Morgan fingerprint density at radius 3 is 2.52 bits per heavy atom. The van der Waals surface area contributed by atoms with Crippen LogP contribution in [0, 0.1) is 25.7 Å². The largest absolute Gasteiger partial charge is 0.324 e. The van der Waals surface area contributed by atoms with Crippen LogP contribution in [0.4, 0.5) is 11.4 Å². The molecule has 3 saturated heterocycles. The van der Waals surface area contributed by atoms with Crippen molar-refractivity contribution < 1.29 is 14.4 Å². The summed E-state index contributed by atoms with van der Waals surface area (Å²) in [5.74, 6) is -1.84. The minimum atomic E-state index is -1.11. The van der Waals surface area contributed by atoms with Crippen LogP contribution in [0.5, 0.6) is 0 Å². The molecule has 2 aromatic rings. The Balaban J connectivity index is 1.56. The number of anilines is 2. The Kier molecular flexibility index (Phi) is 3.88. The fourth-order valence-electron chi connectivity index (χ4n) is 6.36. The zero-order chi connectivity index (χ0) is 21.7. The van der Waals surface area contributed by atoms with Gasteiger partial charge in [-0.2, -0.15) is 0 Å². The molecule has 0 aromatic heterocycles. The molecule has 4 aliphatic heterocycles. The zero-order valence-corrected chi connectivity index (χ0v) is 18.9. The molecular formula is C24H22BrN3O3. The SMILES string of the molecule is Cc1ccc2c(c1C)NC(=O)[C@@]21[C@@H]2C(=O)N(c3ccc(Br)cc3)C(=O)[C@H]2[C@@H]2CCCN21. The van der Waals surface area contributed by atoms with E-state index in [2.05, 4.69) is 26.1 Å². The molecule has 158 valence electrons. The first kappa shape index (κ1) is 19.2. The number of hydrogen-bond donors (Lipinski definition) is 1. The molecule has 0 bridgehead atoms. The molecule has 0 saturated carbocycles. The third kappa shape index (κ3) is 2.18. The minimum Gasteiger partial charge on any atom is -0.324 e. The molecule has 4 aliphatic rings. The van der Waals surface area contributed by atoms with Crippen LogP contribution in [-0.2, 0) is 19.9 Å². The van der Waals surface area contributed by atoms with E-state index in [0.29, 0.717) is 5.69 Å². The van der Waals surface area contributed by atoms with E-state index in [-0.39, 0.29) is 23.8 Å². The number of halogens is 1. The average molecular weight is 480 g/mol. The molecule has 1 N–H and O–H groups in total. The van der Waals surface area contributed by atoms with Crippen molar-refractivity contribution in [1.82, 2.24) is 4.90 Å². The molecule has 6 nitrogen and oxygen atoms in total. The molecule has 6 rings (SSSR count). The topological polar surface area (TPSA) is 69.7 Å². The van der Waals surface area contributed by atoms with Gasteiger partial charge in [0.25, 0.3) is 0 Å². The highest BCUT2D eigenvalue weighted by atomic mass is 79.9. The van der Waals surface area contributed by atoms with Gasteiger partial charge in [-0.05, 0) is 68.6 Å². The quantitative estimate of drug-likeness (QED) is 0.635. The van der Waals surface area contributed by atoms with Gasteiger partial charge in [0, 0.05) is 21.8 Å². The van der Waals surface area contributed by atoms with Gasteiger partial charge >= 0.3 is 0 Å². The van der Waals surface area contributed by atoms with Crippen LogP contribution in [0.1, 0.15) is 29.5 Å². The summed E-state index contributed by atoms with van der Waals surface area (Å²) < 4.78 is 0.879. The Labute approximate surface area is 188 Å². The molecule has 31 heavy (non-hydrogen) atoms. The van der Waals surface area contributed by atoms with Crippen molar-refractivity contribution in [2.24, 2.45) is 11.8 Å². The van der Waals surface area contributed by atoms with E-state index in [9.17, 15) is 14.4 Å². The van der Waals surface area contributed by atoms with Crippen molar-refractivity contribution in [1.29, 1.82) is 0 Å². The maximum absolute atomic E-state index is 13.9. The summed E-state index contributed by atoms with van der Waals surface area (Å²) in [6.07, 6.45) is 1.74. The molecule has 3 amide bonds. The van der Waals surface area contributed by atoms with Gasteiger partial charge < -0.3 is 5.32 Å². The lowest BCUT2D eigenvalue weighted by Crippen LogP contribution is -2.54. The second-order valence-corrected chi connectivity index (χ2v) is 9.96. The van der Waals surface area contributed by atoms with E-state index in [1.54, 1.807) is 12.1 Å². The number of benzene rings is 2. The van der Waals surface area contributed by atoms with Crippen LogP contribution in [0.15, 0.2) is 40.9 Å². The Bertz CT molecular complexity index is 1180. The number of nitrogens with zero attached hydrogens (tertiary/aromatic N) is 2. The van der Waals surface area contributed by atoms with Gasteiger partial charge in [-0.25, -0.2) is 4.90 Å². The molecular weight excluding hydrogens is 458 g/mol. The summed E-state index contributed by atoms with van der Waals surface area (Å²) in [6.45, 7) is 4.73. The summed E-state index contributed by atoms with van der Waals surface area (Å²) in [5.41, 5.74) is 3.21. The van der Waals surface area contributed by atoms with Gasteiger partial charge in [0.05, 0.1) is 17.5 Å². The van der Waals surface area contributed by atoms with Crippen LogP contribution < -0.4 is 10.2 Å². The number of imide groups is 1. The highest BCUT2D eigenvalue weighted by molar-refractivity contribution is 9.10. The standard InChI is InChI=1S/C24H22BrN3O3/c1-12-5-10-16-20(13(12)2)26-23(31)24(16)19-18(17-4-3-11-27(17)24)21(29)28(22(19)30)15-8-6-14(25)7-9-15/h5-10,17-19H,3-4,11H2,1-2H3,(H,26,31)/t17-,18-,19-,24-/m0/s1. The number of carbonyl (C=O) groups is 3. The van der Waals surface area contributed by atoms with Crippen LogP contribution in [0.2, 0.25) is 0 Å². The predicted octanol–water partition coefficient (Wildman–Crippen LogP) is 3.50. The fraction of sp³-hybridized carbons (Fsp3) is 0.375. The molecule has 3 fully saturated rings. The van der Waals surface area contributed by atoms with Gasteiger partial charge in [-0.15, -0.1) is 0 Å². The molecule has 0 aliphatic carbocycles. The van der Waals surface area contributed by atoms with Crippen LogP contribution >= 0.6 is 15.9 Å². The molecule has 7 heteroatoms. The van der Waals surface area contributed by atoms with E-state index >= 15 is 0 Å². The van der Waals surface area contributed by atoms with Crippen molar-refractivity contribution in [2.45, 2.75) is 38.3 Å². The van der Waals surface area contributed by atoms with E-state index in [1.165, 1.54) is 4.90 Å². The first-order valence-corrected chi connectivity index (χ1v) is 11.5. The highest BCUT2D eigenvalue weighted by Crippen LogP contribution is 2.61. The highest BCUT2D eigenvalue weighted by Gasteiger charge is 2.74. The maximum atomic E-state index is 13.9. The number of fused-ring (bicyclic) bond motifs is 7. The van der Waals surface area contributed by atoms with Gasteiger partial charge in [-0.1, -0.05) is 28.1 Å². The van der Waals surface area contributed by atoms with Crippen molar-refractivity contribution in [3.63, 3.8) is 0 Å².